The fourth-order valence-electron chi connectivity index (χ4n) is 1.54. The van der Waals surface area contributed by atoms with E-state index in [1.807, 2.05) is 0 Å². The molecule has 0 amide bonds. The van der Waals surface area contributed by atoms with Crippen molar-refractivity contribution in [2.45, 2.75) is 11.8 Å². The SMILES string of the molecule is Cc1c(C(=O)O)cccc1S(=O)(=O)Nc1cnns1. The smallest absolute Gasteiger partial charge is 0.335 e. The molecule has 2 aromatic rings. The first-order chi connectivity index (χ1) is 8.92. The minimum atomic E-state index is -3.85. The Morgan fingerprint density at radius 2 is 2.16 bits per heavy atom. The molecule has 7 nitrogen and oxygen atoms in total. The number of carboxylic acid groups (broad SMARTS) is 1. The van der Waals surface area contributed by atoms with Gasteiger partial charge in [-0.05, 0) is 24.6 Å². The Bertz CT molecular complexity index is 710. The van der Waals surface area contributed by atoms with E-state index in [9.17, 15) is 13.2 Å². The number of aromatic carboxylic acids is 1. The maximum Gasteiger partial charge on any atom is 0.335 e. The van der Waals surface area contributed by atoms with Crippen molar-refractivity contribution in [2.75, 3.05) is 4.72 Å². The fourth-order valence-corrected chi connectivity index (χ4v) is 3.49. The Labute approximate surface area is 113 Å². The molecule has 0 radical (unpaired) electrons. The van der Waals surface area contributed by atoms with Crippen molar-refractivity contribution in [3.05, 3.63) is 35.5 Å². The van der Waals surface area contributed by atoms with Crippen molar-refractivity contribution in [2.24, 2.45) is 0 Å². The van der Waals surface area contributed by atoms with Crippen LogP contribution < -0.4 is 4.72 Å². The van der Waals surface area contributed by atoms with Gasteiger partial charge in [0.25, 0.3) is 10.0 Å². The minimum Gasteiger partial charge on any atom is -0.478 e. The predicted molar refractivity (Wildman–Crippen MR) is 68.9 cm³/mol. The summed E-state index contributed by atoms with van der Waals surface area (Å²) in [7, 11) is -3.85. The highest BCUT2D eigenvalue weighted by atomic mass is 32.2. The minimum absolute atomic E-state index is 0.0506. The van der Waals surface area contributed by atoms with Gasteiger partial charge in [-0.3, -0.25) is 4.72 Å². The first-order valence-corrected chi connectivity index (χ1v) is 7.30. The molecule has 0 spiro atoms. The third kappa shape index (κ3) is 2.71. The summed E-state index contributed by atoms with van der Waals surface area (Å²) in [5.74, 6) is -1.17. The van der Waals surface area contributed by atoms with Crippen LogP contribution in [0.15, 0.2) is 29.3 Å². The molecule has 9 heteroatoms. The summed E-state index contributed by atoms with van der Waals surface area (Å²) in [4.78, 5) is 10.9. The topological polar surface area (TPSA) is 109 Å². The van der Waals surface area contributed by atoms with Gasteiger partial charge < -0.3 is 5.11 Å². The average molecular weight is 299 g/mol. The lowest BCUT2D eigenvalue weighted by atomic mass is 10.1. The van der Waals surface area contributed by atoms with Crippen LogP contribution in [0.2, 0.25) is 0 Å². The van der Waals surface area contributed by atoms with Gasteiger partial charge in [0.05, 0.1) is 16.7 Å². The Morgan fingerprint density at radius 1 is 1.42 bits per heavy atom. The third-order valence-electron chi connectivity index (χ3n) is 2.40. The Hall–Kier alpha value is -2.00. The van der Waals surface area contributed by atoms with Crippen LogP contribution in [0.5, 0.6) is 0 Å². The van der Waals surface area contributed by atoms with Crippen LogP contribution in [0.3, 0.4) is 0 Å². The molecular formula is C10H9N3O4S2. The molecule has 1 aromatic carbocycles. The monoisotopic (exact) mass is 299 g/mol. The van der Waals surface area contributed by atoms with Gasteiger partial charge in [-0.25, -0.2) is 13.2 Å². The normalized spacial score (nSPS) is 11.2. The van der Waals surface area contributed by atoms with E-state index in [0.29, 0.717) is 0 Å². The molecule has 19 heavy (non-hydrogen) atoms. The highest BCUT2D eigenvalue weighted by Crippen LogP contribution is 2.22. The van der Waals surface area contributed by atoms with E-state index in [4.69, 9.17) is 5.11 Å². The van der Waals surface area contributed by atoms with Gasteiger partial charge in [-0.1, -0.05) is 10.6 Å². The maximum absolute atomic E-state index is 12.1. The van der Waals surface area contributed by atoms with Crippen molar-refractivity contribution >= 4 is 32.5 Å². The maximum atomic E-state index is 12.1. The molecule has 0 unspecified atom stereocenters. The van der Waals surface area contributed by atoms with Crippen LogP contribution in [0, 0.1) is 6.92 Å². The molecule has 0 saturated heterocycles. The zero-order valence-corrected chi connectivity index (χ0v) is 11.3. The molecule has 2 N–H and O–H groups in total. The zero-order chi connectivity index (χ0) is 14.0. The number of aromatic nitrogens is 2. The standard InChI is InChI=1S/C10H9N3O4S2/c1-6-7(10(14)15)3-2-4-8(6)19(16,17)12-9-5-11-13-18-9/h2-5,12H,1H3,(H,14,15). The van der Waals surface area contributed by atoms with Gasteiger partial charge in [0.2, 0.25) is 0 Å². The molecule has 1 aromatic heterocycles. The predicted octanol–water partition coefficient (Wildman–Crippen LogP) is 1.35. The summed E-state index contributed by atoms with van der Waals surface area (Å²) in [6.45, 7) is 1.45. The van der Waals surface area contributed by atoms with Crippen molar-refractivity contribution in [1.82, 2.24) is 9.59 Å². The second-order valence-electron chi connectivity index (χ2n) is 3.62. The van der Waals surface area contributed by atoms with E-state index in [2.05, 4.69) is 14.3 Å². The molecule has 0 saturated carbocycles. The Kier molecular flexibility index (Phi) is 3.49. The van der Waals surface area contributed by atoms with Crippen LogP contribution in [-0.2, 0) is 10.0 Å². The molecule has 0 aliphatic carbocycles. The number of carbonyl (C=O) groups is 1. The largest absolute Gasteiger partial charge is 0.478 e. The van der Waals surface area contributed by atoms with Crippen molar-refractivity contribution < 1.29 is 18.3 Å². The van der Waals surface area contributed by atoms with E-state index in [1.165, 1.54) is 31.3 Å². The lowest BCUT2D eigenvalue weighted by Crippen LogP contribution is -2.15. The molecule has 0 atom stereocenters. The van der Waals surface area contributed by atoms with Crippen molar-refractivity contribution in [1.29, 1.82) is 0 Å². The van der Waals surface area contributed by atoms with Crippen LogP contribution in [0.4, 0.5) is 5.00 Å². The molecule has 0 fully saturated rings. The quantitative estimate of drug-likeness (QED) is 0.881. The summed E-state index contributed by atoms with van der Waals surface area (Å²) >= 11 is 0.893. The number of carboxylic acids is 1. The molecule has 1 heterocycles. The van der Waals surface area contributed by atoms with Crippen LogP contribution in [0.1, 0.15) is 15.9 Å². The van der Waals surface area contributed by atoms with Gasteiger partial charge in [0.15, 0.2) is 0 Å². The van der Waals surface area contributed by atoms with Crippen LogP contribution >= 0.6 is 11.5 Å². The van der Waals surface area contributed by atoms with E-state index >= 15 is 0 Å². The summed E-state index contributed by atoms with van der Waals surface area (Å²) < 4.78 is 30.1. The number of anilines is 1. The average Bonchev–Trinajstić information content (AvgIpc) is 2.80. The third-order valence-corrected chi connectivity index (χ3v) is 4.62. The lowest BCUT2D eigenvalue weighted by Gasteiger charge is -2.09. The zero-order valence-electron chi connectivity index (χ0n) is 9.69. The lowest BCUT2D eigenvalue weighted by molar-refractivity contribution is 0.0696. The number of rotatable bonds is 4. The first kappa shape index (κ1) is 13.4. The molecule has 0 aliphatic heterocycles. The van der Waals surface area contributed by atoms with Crippen LogP contribution in [-0.4, -0.2) is 29.1 Å². The fraction of sp³-hybridized carbons (Fsp3) is 0.100. The van der Waals surface area contributed by atoms with E-state index in [0.717, 1.165) is 11.5 Å². The van der Waals surface area contributed by atoms with Crippen molar-refractivity contribution in [3.8, 4) is 0 Å². The summed E-state index contributed by atoms with van der Waals surface area (Å²) in [5.41, 5.74) is 0.130. The molecule has 0 aliphatic rings. The second kappa shape index (κ2) is 4.94. The summed E-state index contributed by atoms with van der Waals surface area (Å²) in [6.07, 6.45) is 1.28. The number of hydrogen-bond acceptors (Lipinski definition) is 6. The van der Waals surface area contributed by atoms with E-state index in [-0.39, 0.29) is 21.0 Å². The van der Waals surface area contributed by atoms with Gasteiger partial charge >= 0.3 is 5.97 Å². The summed E-state index contributed by atoms with van der Waals surface area (Å²) in [6, 6.07) is 4.08. The van der Waals surface area contributed by atoms with Crippen LogP contribution in [0.25, 0.3) is 0 Å². The molecular weight excluding hydrogens is 290 g/mol. The Balaban J connectivity index is 2.47. The number of benzene rings is 1. The highest BCUT2D eigenvalue weighted by Gasteiger charge is 2.21. The highest BCUT2D eigenvalue weighted by molar-refractivity contribution is 7.93. The van der Waals surface area contributed by atoms with Gasteiger partial charge in [0, 0.05) is 11.5 Å². The molecule has 2 rings (SSSR count). The Morgan fingerprint density at radius 3 is 2.74 bits per heavy atom. The van der Waals surface area contributed by atoms with E-state index < -0.39 is 16.0 Å². The second-order valence-corrected chi connectivity index (χ2v) is 6.06. The molecule has 0 bridgehead atoms. The van der Waals surface area contributed by atoms with E-state index in [1.54, 1.807) is 0 Å². The number of hydrogen-bond donors (Lipinski definition) is 2. The van der Waals surface area contributed by atoms with Gasteiger partial charge in [-0.2, -0.15) is 0 Å². The number of nitrogens with zero attached hydrogens (tertiary/aromatic N) is 2. The van der Waals surface area contributed by atoms with Gasteiger partial charge in [0.1, 0.15) is 5.00 Å². The number of sulfonamides is 1. The first-order valence-electron chi connectivity index (χ1n) is 5.05. The van der Waals surface area contributed by atoms with Crippen molar-refractivity contribution in [3.63, 3.8) is 0 Å². The summed E-state index contributed by atoms with van der Waals surface area (Å²) in [5, 5.41) is 12.8. The number of nitrogens with one attached hydrogen (secondary N) is 1. The molecule has 100 valence electrons. The van der Waals surface area contributed by atoms with Gasteiger partial charge in [-0.15, -0.1) is 5.10 Å².